The molecule has 2 rings (SSSR count). The van der Waals surface area contributed by atoms with Gasteiger partial charge < -0.3 is 5.32 Å². The van der Waals surface area contributed by atoms with Gasteiger partial charge in [0.2, 0.25) is 0 Å². The minimum Gasteiger partial charge on any atom is -0.312 e. The maximum atomic E-state index is 12.9. The highest BCUT2D eigenvalue weighted by Gasteiger charge is 2.02. The Kier molecular flexibility index (Phi) is 3.34. The first-order chi connectivity index (χ1) is 7.29. The molecule has 80 valence electrons. The molecular weight excluding hydrogens is 209 g/mol. The summed E-state index contributed by atoms with van der Waals surface area (Å²) in [5, 5.41) is 4.35. The number of rotatable bonds is 4. The second-order valence-electron chi connectivity index (χ2n) is 3.57. The van der Waals surface area contributed by atoms with Crippen LogP contribution in [0.1, 0.15) is 18.2 Å². The fourth-order valence-electron chi connectivity index (χ4n) is 1.54. The average molecular weight is 223 g/mol. The summed E-state index contributed by atoms with van der Waals surface area (Å²) < 4.78 is 14.1. The molecule has 1 heterocycles. The Morgan fingerprint density at radius 2 is 2.20 bits per heavy atom. The van der Waals surface area contributed by atoms with Crippen molar-refractivity contribution >= 4 is 21.4 Å². The summed E-state index contributed by atoms with van der Waals surface area (Å²) in [6, 6.07) is 7.02. The van der Waals surface area contributed by atoms with Crippen LogP contribution in [-0.2, 0) is 6.54 Å². The molecule has 15 heavy (non-hydrogen) atoms. The molecule has 0 saturated carbocycles. The van der Waals surface area contributed by atoms with Crippen LogP contribution in [0.2, 0.25) is 0 Å². The van der Waals surface area contributed by atoms with E-state index in [-0.39, 0.29) is 5.82 Å². The van der Waals surface area contributed by atoms with Gasteiger partial charge >= 0.3 is 0 Å². The molecule has 0 unspecified atom stereocenters. The van der Waals surface area contributed by atoms with Crippen molar-refractivity contribution in [1.29, 1.82) is 0 Å². The van der Waals surface area contributed by atoms with Gasteiger partial charge in [0.15, 0.2) is 0 Å². The normalized spacial score (nSPS) is 11.1. The number of thiophene rings is 1. The molecule has 1 aromatic heterocycles. The monoisotopic (exact) mass is 223 g/mol. The Morgan fingerprint density at radius 3 is 3.00 bits per heavy atom. The first-order valence-corrected chi connectivity index (χ1v) is 6.00. The number of halogens is 1. The first kappa shape index (κ1) is 10.6. The topological polar surface area (TPSA) is 12.0 Å². The van der Waals surface area contributed by atoms with Crippen LogP contribution >= 0.6 is 11.3 Å². The van der Waals surface area contributed by atoms with Crippen molar-refractivity contribution in [3.05, 3.63) is 35.0 Å². The summed E-state index contributed by atoms with van der Waals surface area (Å²) in [5.41, 5.74) is 0. The zero-order valence-electron chi connectivity index (χ0n) is 8.72. The quantitative estimate of drug-likeness (QED) is 0.782. The molecule has 0 bridgehead atoms. The second kappa shape index (κ2) is 4.73. The maximum absolute atomic E-state index is 12.9. The molecular formula is C12H14FNS. The van der Waals surface area contributed by atoms with E-state index in [1.165, 1.54) is 10.9 Å². The molecule has 0 radical (unpaired) electrons. The highest BCUT2D eigenvalue weighted by molar-refractivity contribution is 7.19. The molecule has 0 spiro atoms. The number of hydrogen-bond donors (Lipinski definition) is 1. The van der Waals surface area contributed by atoms with Crippen LogP contribution in [0.15, 0.2) is 24.3 Å². The summed E-state index contributed by atoms with van der Waals surface area (Å²) in [4.78, 5) is 1.27. The van der Waals surface area contributed by atoms with Gasteiger partial charge in [-0.05, 0) is 42.6 Å². The molecule has 0 aliphatic carbocycles. The van der Waals surface area contributed by atoms with E-state index in [0.717, 1.165) is 29.6 Å². The highest BCUT2D eigenvalue weighted by atomic mass is 32.1. The van der Waals surface area contributed by atoms with E-state index in [9.17, 15) is 4.39 Å². The van der Waals surface area contributed by atoms with E-state index >= 15 is 0 Å². The molecule has 1 N–H and O–H groups in total. The largest absolute Gasteiger partial charge is 0.312 e. The van der Waals surface area contributed by atoms with Gasteiger partial charge in [-0.15, -0.1) is 11.3 Å². The third-order valence-corrected chi connectivity index (χ3v) is 3.37. The smallest absolute Gasteiger partial charge is 0.123 e. The fraction of sp³-hybridized carbons (Fsp3) is 0.333. The lowest BCUT2D eigenvalue weighted by Gasteiger charge is -1.97. The van der Waals surface area contributed by atoms with E-state index in [0.29, 0.717) is 0 Å². The predicted octanol–water partition coefficient (Wildman–Crippen LogP) is 3.54. The molecule has 0 atom stereocenters. The highest BCUT2D eigenvalue weighted by Crippen LogP contribution is 2.25. The first-order valence-electron chi connectivity index (χ1n) is 5.18. The Morgan fingerprint density at radius 1 is 1.33 bits per heavy atom. The SMILES string of the molecule is CCCNCc1cc2cc(F)ccc2s1. The summed E-state index contributed by atoms with van der Waals surface area (Å²) in [6.07, 6.45) is 1.14. The van der Waals surface area contributed by atoms with Crippen molar-refractivity contribution < 1.29 is 4.39 Å². The summed E-state index contributed by atoms with van der Waals surface area (Å²) in [5.74, 6) is -0.159. The fourth-order valence-corrected chi connectivity index (χ4v) is 2.56. The van der Waals surface area contributed by atoms with Crippen LogP contribution in [0.3, 0.4) is 0 Å². The number of nitrogens with one attached hydrogen (secondary N) is 1. The Balaban J connectivity index is 2.16. The van der Waals surface area contributed by atoms with Gasteiger partial charge in [-0.3, -0.25) is 0 Å². The van der Waals surface area contributed by atoms with Crippen molar-refractivity contribution in [3.8, 4) is 0 Å². The molecule has 2 aromatic rings. The van der Waals surface area contributed by atoms with Gasteiger partial charge in [0.1, 0.15) is 5.82 Å². The Labute approximate surface area is 92.9 Å². The van der Waals surface area contributed by atoms with E-state index in [2.05, 4.69) is 18.3 Å². The van der Waals surface area contributed by atoms with E-state index < -0.39 is 0 Å². The number of fused-ring (bicyclic) bond motifs is 1. The van der Waals surface area contributed by atoms with Crippen LogP contribution in [0.4, 0.5) is 4.39 Å². The van der Waals surface area contributed by atoms with Crippen LogP contribution in [0, 0.1) is 5.82 Å². The maximum Gasteiger partial charge on any atom is 0.123 e. The zero-order valence-corrected chi connectivity index (χ0v) is 9.53. The standard InChI is InChI=1S/C12H14FNS/c1-2-5-14-8-11-7-9-6-10(13)3-4-12(9)15-11/h3-4,6-7,14H,2,5,8H2,1H3. The Hall–Kier alpha value is -0.930. The van der Waals surface area contributed by atoms with Crippen molar-refractivity contribution in [3.63, 3.8) is 0 Å². The van der Waals surface area contributed by atoms with Crippen LogP contribution in [-0.4, -0.2) is 6.54 Å². The molecule has 3 heteroatoms. The molecule has 0 aliphatic heterocycles. The van der Waals surface area contributed by atoms with Gasteiger partial charge in [-0.1, -0.05) is 6.92 Å². The predicted molar refractivity (Wildman–Crippen MR) is 63.8 cm³/mol. The molecule has 1 nitrogen and oxygen atoms in total. The van der Waals surface area contributed by atoms with Crippen molar-refractivity contribution in [1.82, 2.24) is 5.32 Å². The lowest BCUT2D eigenvalue weighted by molar-refractivity contribution is 0.630. The minimum atomic E-state index is -0.159. The third-order valence-electron chi connectivity index (χ3n) is 2.26. The van der Waals surface area contributed by atoms with Crippen LogP contribution < -0.4 is 5.32 Å². The van der Waals surface area contributed by atoms with Gasteiger partial charge in [0.25, 0.3) is 0 Å². The average Bonchev–Trinajstić information content (AvgIpc) is 2.60. The lowest BCUT2D eigenvalue weighted by Crippen LogP contribution is -2.12. The summed E-state index contributed by atoms with van der Waals surface area (Å²) in [6.45, 7) is 4.06. The third kappa shape index (κ3) is 2.55. The zero-order chi connectivity index (χ0) is 10.7. The van der Waals surface area contributed by atoms with Crippen LogP contribution in [0.25, 0.3) is 10.1 Å². The minimum absolute atomic E-state index is 0.159. The summed E-state index contributed by atoms with van der Waals surface area (Å²) >= 11 is 1.73. The summed E-state index contributed by atoms with van der Waals surface area (Å²) in [7, 11) is 0. The van der Waals surface area contributed by atoms with E-state index in [1.54, 1.807) is 17.4 Å². The second-order valence-corrected chi connectivity index (χ2v) is 4.74. The Bertz CT molecular complexity index is 450. The molecule has 1 aromatic carbocycles. The van der Waals surface area contributed by atoms with Gasteiger partial charge in [0, 0.05) is 16.1 Å². The van der Waals surface area contributed by atoms with Crippen molar-refractivity contribution in [2.45, 2.75) is 19.9 Å². The molecule has 0 aliphatic rings. The van der Waals surface area contributed by atoms with Gasteiger partial charge in [-0.2, -0.15) is 0 Å². The van der Waals surface area contributed by atoms with E-state index in [1.807, 2.05) is 6.07 Å². The number of benzene rings is 1. The lowest BCUT2D eigenvalue weighted by atomic mass is 10.2. The van der Waals surface area contributed by atoms with Crippen LogP contribution in [0.5, 0.6) is 0 Å². The van der Waals surface area contributed by atoms with Crippen molar-refractivity contribution in [2.24, 2.45) is 0 Å². The van der Waals surface area contributed by atoms with E-state index in [4.69, 9.17) is 0 Å². The molecule has 0 fully saturated rings. The van der Waals surface area contributed by atoms with Gasteiger partial charge in [0.05, 0.1) is 0 Å². The number of hydrogen-bond acceptors (Lipinski definition) is 2. The van der Waals surface area contributed by atoms with Gasteiger partial charge in [-0.25, -0.2) is 4.39 Å². The molecule has 0 saturated heterocycles. The van der Waals surface area contributed by atoms with Crippen molar-refractivity contribution in [2.75, 3.05) is 6.54 Å². The molecule has 0 amide bonds.